The van der Waals surface area contributed by atoms with Crippen LogP contribution >= 0.6 is 23.5 Å². The van der Waals surface area contributed by atoms with Gasteiger partial charge < -0.3 is 4.90 Å². The van der Waals surface area contributed by atoms with Crippen LogP contribution in [0.5, 0.6) is 0 Å². The Morgan fingerprint density at radius 2 is 2.32 bits per heavy atom. The summed E-state index contributed by atoms with van der Waals surface area (Å²) in [7, 11) is 0. The van der Waals surface area contributed by atoms with Gasteiger partial charge in [-0.25, -0.2) is 14.4 Å². The van der Waals surface area contributed by atoms with Crippen molar-refractivity contribution in [2.45, 2.75) is 12.8 Å². The zero-order valence-electron chi connectivity index (χ0n) is 12.4. The molecule has 0 bridgehead atoms. The fraction of sp³-hybridized carbons (Fsp3) is 0.467. The lowest BCUT2D eigenvalue weighted by Crippen LogP contribution is -2.39. The van der Waals surface area contributed by atoms with Gasteiger partial charge >= 0.3 is 0 Å². The highest BCUT2D eigenvalue weighted by Gasteiger charge is 2.23. The molecule has 1 aliphatic heterocycles. The van der Waals surface area contributed by atoms with Crippen LogP contribution in [0.3, 0.4) is 0 Å². The molecule has 1 fully saturated rings. The van der Waals surface area contributed by atoms with Gasteiger partial charge in [0.15, 0.2) is 0 Å². The third-order valence-corrected chi connectivity index (χ3v) is 4.71. The van der Waals surface area contributed by atoms with Crippen LogP contribution in [-0.4, -0.2) is 35.9 Å². The number of hydrogen-bond donors (Lipinski definition) is 1. The van der Waals surface area contributed by atoms with E-state index < -0.39 is 0 Å². The third kappa shape index (κ3) is 3.29. The summed E-state index contributed by atoms with van der Waals surface area (Å²) in [5, 5.41) is 1.02. The molecule has 1 atom stereocenters. The molecular formula is C15H18ClFN4S. The Bertz CT molecular complexity index is 669. The Morgan fingerprint density at radius 1 is 1.45 bits per heavy atom. The molecule has 118 valence electrons. The molecule has 3 rings (SSSR count). The van der Waals surface area contributed by atoms with Gasteiger partial charge in [-0.05, 0) is 37.1 Å². The van der Waals surface area contributed by atoms with E-state index in [1.54, 1.807) is 11.9 Å². The molecule has 7 heteroatoms. The first-order valence-corrected chi connectivity index (χ1v) is 8.90. The first kappa shape index (κ1) is 15.8. The van der Waals surface area contributed by atoms with Crippen molar-refractivity contribution < 1.29 is 4.39 Å². The molecule has 2 heterocycles. The molecule has 0 aliphatic carbocycles. The number of nitrogens with one attached hydrogen (secondary N) is 1. The van der Waals surface area contributed by atoms with E-state index in [1.165, 1.54) is 24.9 Å². The molecule has 0 amide bonds. The Balaban J connectivity index is 1.92. The third-order valence-electron chi connectivity index (χ3n) is 3.97. The number of anilines is 1. The van der Waals surface area contributed by atoms with E-state index in [0.29, 0.717) is 21.8 Å². The fourth-order valence-corrected chi connectivity index (χ4v) is 3.61. The van der Waals surface area contributed by atoms with E-state index in [1.807, 2.05) is 6.26 Å². The van der Waals surface area contributed by atoms with E-state index in [-0.39, 0.29) is 5.82 Å². The van der Waals surface area contributed by atoms with Crippen LogP contribution < -0.4 is 9.62 Å². The number of nitrogens with zero attached hydrogens (tertiary/aromatic N) is 3. The summed E-state index contributed by atoms with van der Waals surface area (Å²) in [5.74, 6) is 0.988. The predicted molar refractivity (Wildman–Crippen MR) is 91.0 cm³/mol. The van der Waals surface area contributed by atoms with Crippen LogP contribution in [0.4, 0.5) is 10.2 Å². The summed E-state index contributed by atoms with van der Waals surface area (Å²) in [6.07, 6.45) is 5.84. The number of halogens is 2. The van der Waals surface area contributed by atoms with Gasteiger partial charge in [0.2, 0.25) is 0 Å². The Kier molecular flexibility index (Phi) is 5.00. The molecule has 0 radical (unpaired) electrons. The molecular weight excluding hydrogens is 323 g/mol. The van der Waals surface area contributed by atoms with E-state index in [0.717, 1.165) is 31.9 Å². The molecule has 1 saturated heterocycles. The summed E-state index contributed by atoms with van der Waals surface area (Å²) < 4.78 is 17.0. The molecule has 1 aromatic carbocycles. The second-order valence-electron chi connectivity index (χ2n) is 5.49. The van der Waals surface area contributed by atoms with Gasteiger partial charge in [0.1, 0.15) is 18.0 Å². The highest BCUT2D eigenvalue weighted by atomic mass is 35.5. The molecule has 1 N–H and O–H groups in total. The second-order valence-corrected chi connectivity index (χ2v) is 6.59. The molecule has 0 saturated carbocycles. The molecule has 22 heavy (non-hydrogen) atoms. The number of benzene rings is 1. The van der Waals surface area contributed by atoms with Crippen molar-refractivity contribution in [3.05, 3.63) is 29.3 Å². The summed E-state index contributed by atoms with van der Waals surface area (Å²) in [6, 6.07) is 2.77. The van der Waals surface area contributed by atoms with E-state index in [9.17, 15) is 4.39 Å². The van der Waals surface area contributed by atoms with Gasteiger partial charge in [0, 0.05) is 25.0 Å². The lowest BCUT2D eigenvalue weighted by molar-refractivity contribution is 0.415. The second kappa shape index (κ2) is 6.98. The maximum atomic E-state index is 13.7. The van der Waals surface area contributed by atoms with E-state index >= 15 is 0 Å². The van der Waals surface area contributed by atoms with Crippen molar-refractivity contribution in [3.8, 4) is 0 Å². The fourth-order valence-electron chi connectivity index (χ4n) is 2.96. The van der Waals surface area contributed by atoms with Gasteiger partial charge in [-0.1, -0.05) is 23.5 Å². The van der Waals surface area contributed by atoms with Crippen LogP contribution in [0.2, 0.25) is 5.02 Å². The predicted octanol–water partition coefficient (Wildman–Crippen LogP) is 3.51. The Morgan fingerprint density at radius 3 is 3.14 bits per heavy atom. The number of piperidine rings is 1. The van der Waals surface area contributed by atoms with Gasteiger partial charge in [0.05, 0.1) is 10.5 Å². The minimum absolute atomic E-state index is 0.330. The minimum Gasteiger partial charge on any atom is -0.356 e. The summed E-state index contributed by atoms with van der Waals surface area (Å²) >= 11 is 7.75. The molecule has 1 unspecified atom stereocenters. The first-order valence-electron chi connectivity index (χ1n) is 7.29. The summed E-state index contributed by atoms with van der Waals surface area (Å²) in [4.78, 5) is 10.8. The first-order chi connectivity index (χ1) is 10.7. The zero-order valence-corrected chi connectivity index (χ0v) is 13.9. The van der Waals surface area contributed by atoms with Gasteiger partial charge in [-0.3, -0.25) is 4.72 Å². The highest BCUT2D eigenvalue weighted by Crippen LogP contribution is 2.31. The maximum Gasteiger partial charge on any atom is 0.140 e. The van der Waals surface area contributed by atoms with Crippen molar-refractivity contribution in [1.29, 1.82) is 0 Å². The number of hydrogen-bond acceptors (Lipinski definition) is 5. The SMILES string of the molecule is CSNCC1CCCN(c2ncnc3c(Cl)cc(F)cc23)C1. The van der Waals surface area contributed by atoms with Gasteiger partial charge in [-0.15, -0.1) is 0 Å². The highest BCUT2D eigenvalue weighted by molar-refractivity contribution is 7.96. The van der Waals surface area contributed by atoms with E-state index in [4.69, 9.17) is 11.6 Å². The molecule has 2 aromatic rings. The van der Waals surface area contributed by atoms with Crippen LogP contribution in [0, 0.1) is 11.7 Å². The zero-order chi connectivity index (χ0) is 15.5. The number of aromatic nitrogens is 2. The Labute approximate surface area is 138 Å². The summed E-state index contributed by atoms with van der Waals surface area (Å²) in [5.41, 5.74) is 0.609. The van der Waals surface area contributed by atoms with Crippen molar-refractivity contribution in [2.75, 3.05) is 30.8 Å². The normalized spacial score (nSPS) is 18.9. The standard InChI is InChI=1S/C15H18ClFN4S/c1-22-20-7-10-3-2-4-21(8-10)15-12-5-11(17)6-13(16)14(12)18-9-19-15/h5-6,9-10,20H,2-4,7-8H2,1H3. The largest absolute Gasteiger partial charge is 0.356 e. The topological polar surface area (TPSA) is 41.0 Å². The van der Waals surface area contributed by atoms with Crippen molar-refractivity contribution in [3.63, 3.8) is 0 Å². The summed E-state index contributed by atoms with van der Waals surface area (Å²) in [6.45, 7) is 2.81. The lowest BCUT2D eigenvalue weighted by atomic mass is 9.98. The van der Waals surface area contributed by atoms with Gasteiger partial charge in [-0.2, -0.15) is 0 Å². The quantitative estimate of drug-likeness (QED) is 0.863. The Hall–Kier alpha value is -1.11. The van der Waals surface area contributed by atoms with Crippen LogP contribution in [0.15, 0.2) is 18.5 Å². The number of rotatable bonds is 4. The van der Waals surface area contributed by atoms with Crippen LogP contribution in [0.25, 0.3) is 10.9 Å². The monoisotopic (exact) mass is 340 g/mol. The van der Waals surface area contributed by atoms with Crippen molar-refractivity contribution in [1.82, 2.24) is 14.7 Å². The van der Waals surface area contributed by atoms with Crippen LogP contribution in [0.1, 0.15) is 12.8 Å². The molecule has 4 nitrogen and oxygen atoms in total. The van der Waals surface area contributed by atoms with Crippen molar-refractivity contribution in [2.24, 2.45) is 5.92 Å². The number of fused-ring (bicyclic) bond motifs is 1. The van der Waals surface area contributed by atoms with Crippen molar-refractivity contribution >= 4 is 40.3 Å². The average Bonchev–Trinajstić information content (AvgIpc) is 2.52. The smallest absolute Gasteiger partial charge is 0.140 e. The minimum atomic E-state index is -0.355. The lowest BCUT2D eigenvalue weighted by Gasteiger charge is -2.34. The van der Waals surface area contributed by atoms with E-state index in [2.05, 4.69) is 19.6 Å². The maximum absolute atomic E-state index is 13.7. The average molecular weight is 341 g/mol. The molecule has 0 spiro atoms. The molecule has 1 aromatic heterocycles. The van der Waals surface area contributed by atoms with Crippen LogP contribution in [-0.2, 0) is 0 Å². The molecule has 1 aliphatic rings. The van der Waals surface area contributed by atoms with Gasteiger partial charge in [0.25, 0.3) is 0 Å².